The van der Waals surface area contributed by atoms with Crippen LogP contribution < -0.4 is 10.6 Å². The molecule has 10 heteroatoms. The summed E-state index contributed by atoms with van der Waals surface area (Å²) in [5, 5.41) is 6.94. The molecule has 0 saturated carbocycles. The van der Waals surface area contributed by atoms with Crippen molar-refractivity contribution < 1.29 is 23.6 Å². The fraction of sp³-hybridized carbons (Fsp3) is 0.0870. The molecule has 0 aliphatic carbocycles. The SMILES string of the molecule is C=CCN1C(=O)c2ccc(C(=O)Nc3nc(-c4ccc(NC(C)=O)cc4F)cs3)cc2C1=O. The lowest BCUT2D eigenvalue weighted by molar-refractivity contribution is -0.114. The molecule has 0 unspecified atom stereocenters. The Kier molecular flexibility index (Phi) is 5.84. The van der Waals surface area contributed by atoms with Crippen molar-refractivity contribution in [3.8, 4) is 11.3 Å². The second-order valence-electron chi connectivity index (χ2n) is 7.14. The van der Waals surface area contributed by atoms with Crippen LogP contribution in [-0.4, -0.2) is 40.1 Å². The molecule has 4 amide bonds. The summed E-state index contributed by atoms with van der Waals surface area (Å²) < 4.78 is 14.5. The van der Waals surface area contributed by atoms with Crippen LogP contribution in [0.25, 0.3) is 11.3 Å². The number of anilines is 2. The molecule has 3 aromatic rings. The molecular formula is C23H17FN4O4S. The zero-order chi connectivity index (χ0) is 23.7. The summed E-state index contributed by atoms with van der Waals surface area (Å²) in [6, 6.07) is 8.48. The number of nitrogens with one attached hydrogen (secondary N) is 2. The van der Waals surface area contributed by atoms with Crippen molar-refractivity contribution in [1.82, 2.24) is 9.88 Å². The van der Waals surface area contributed by atoms with Crippen molar-refractivity contribution in [3.05, 3.63) is 76.9 Å². The Morgan fingerprint density at radius 2 is 1.82 bits per heavy atom. The quantitative estimate of drug-likeness (QED) is 0.424. The van der Waals surface area contributed by atoms with Gasteiger partial charge >= 0.3 is 0 Å². The van der Waals surface area contributed by atoms with E-state index in [2.05, 4.69) is 22.2 Å². The number of rotatable bonds is 6. The van der Waals surface area contributed by atoms with Gasteiger partial charge in [0.1, 0.15) is 5.82 Å². The summed E-state index contributed by atoms with van der Waals surface area (Å²) in [4.78, 5) is 53.9. The highest BCUT2D eigenvalue weighted by molar-refractivity contribution is 7.14. The third-order valence-electron chi connectivity index (χ3n) is 4.83. The predicted molar refractivity (Wildman–Crippen MR) is 122 cm³/mol. The van der Waals surface area contributed by atoms with E-state index in [9.17, 15) is 23.6 Å². The molecule has 2 heterocycles. The summed E-state index contributed by atoms with van der Waals surface area (Å²) in [5.41, 5.74) is 1.41. The van der Waals surface area contributed by atoms with Crippen molar-refractivity contribution in [2.45, 2.75) is 6.92 Å². The number of imide groups is 1. The molecule has 1 aliphatic rings. The first-order chi connectivity index (χ1) is 15.8. The third kappa shape index (κ3) is 4.28. The van der Waals surface area contributed by atoms with Crippen molar-refractivity contribution in [3.63, 3.8) is 0 Å². The average molecular weight is 464 g/mol. The molecule has 0 saturated heterocycles. The van der Waals surface area contributed by atoms with Crippen LogP contribution in [0.4, 0.5) is 15.2 Å². The van der Waals surface area contributed by atoms with Crippen LogP contribution in [0.5, 0.6) is 0 Å². The number of carbonyl (C=O) groups excluding carboxylic acids is 4. The Hall–Kier alpha value is -4.18. The van der Waals surface area contributed by atoms with Crippen LogP contribution in [0, 0.1) is 5.82 Å². The number of hydrogen-bond donors (Lipinski definition) is 2. The van der Waals surface area contributed by atoms with Gasteiger partial charge in [-0.1, -0.05) is 6.08 Å². The first-order valence-electron chi connectivity index (χ1n) is 9.74. The van der Waals surface area contributed by atoms with Crippen molar-refractivity contribution in [1.29, 1.82) is 0 Å². The van der Waals surface area contributed by atoms with Gasteiger partial charge in [0.15, 0.2) is 5.13 Å². The summed E-state index contributed by atoms with van der Waals surface area (Å²) in [7, 11) is 0. The smallest absolute Gasteiger partial charge is 0.261 e. The number of hydrogen-bond acceptors (Lipinski definition) is 6. The van der Waals surface area contributed by atoms with Gasteiger partial charge < -0.3 is 5.32 Å². The van der Waals surface area contributed by atoms with Gasteiger partial charge in [0.25, 0.3) is 17.7 Å². The van der Waals surface area contributed by atoms with Crippen LogP contribution in [0.15, 0.2) is 54.4 Å². The maximum atomic E-state index is 14.5. The predicted octanol–water partition coefficient (Wildman–Crippen LogP) is 3.94. The zero-order valence-electron chi connectivity index (χ0n) is 17.3. The Bertz CT molecular complexity index is 1330. The van der Waals surface area contributed by atoms with E-state index < -0.39 is 23.5 Å². The van der Waals surface area contributed by atoms with Crippen LogP contribution in [0.3, 0.4) is 0 Å². The number of benzene rings is 2. The molecule has 0 fully saturated rings. The van der Waals surface area contributed by atoms with E-state index in [1.807, 2.05) is 0 Å². The maximum Gasteiger partial charge on any atom is 0.261 e. The largest absolute Gasteiger partial charge is 0.326 e. The highest BCUT2D eigenvalue weighted by atomic mass is 32.1. The second kappa shape index (κ2) is 8.75. The number of amides is 4. The summed E-state index contributed by atoms with van der Waals surface area (Å²) in [6.07, 6.45) is 1.45. The molecule has 2 N–H and O–H groups in total. The van der Waals surface area contributed by atoms with Crippen LogP contribution >= 0.6 is 11.3 Å². The Labute approximate surface area is 191 Å². The van der Waals surface area contributed by atoms with Crippen LogP contribution in [0.1, 0.15) is 38.0 Å². The lowest BCUT2D eigenvalue weighted by Gasteiger charge is -2.09. The first-order valence-corrected chi connectivity index (χ1v) is 10.6. The monoisotopic (exact) mass is 464 g/mol. The van der Waals surface area contributed by atoms with Gasteiger partial charge in [0, 0.05) is 35.7 Å². The topological polar surface area (TPSA) is 108 Å². The molecule has 1 aromatic heterocycles. The molecule has 0 radical (unpaired) electrons. The normalized spacial score (nSPS) is 12.5. The Morgan fingerprint density at radius 3 is 2.52 bits per heavy atom. The molecule has 33 heavy (non-hydrogen) atoms. The fourth-order valence-corrected chi connectivity index (χ4v) is 4.06. The molecular weight excluding hydrogens is 447 g/mol. The molecule has 166 valence electrons. The molecule has 0 atom stereocenters. The van der Waals surface area contributed by atoms with E-state index in [4.69, 9.17) is 0 Å². The minimum Gasteiger partial charge on any atom is -0.326 e. The highest BCUT2D eigenvalue weighted by Crippen LogP contribution is 2.29. The lowest BCUT2D eigenvalue weighted by Crippen LogP contribution is -2.29. The molecule has 8 nitrogen and oxygen atoms in total. The number of fused-ring (bicyclic) bond motifs is 1. The first kappa shape index (κ1) is 22.0. The number of carbonyl (C=O) groups is 4. The van der Waals surface area contributed by atoms with E-state index in [1.54, 1.807) is 11.4 Å². The van der Waals surface area contributed by atoms with Gasteiger partial charge in [0.05, 0.1) is 16.8 Å². The van der Waals surface area contributed by atoms with E-state index in [0.717, 1.165) is 16.2 Å². The van der Waals surface area contributed by atoms with Gasteiger partial charge in [-0.25, -0.2) is 9.37 Å². The maximum absolute atomic E-state index is 14.5. The van der Waals surface area contributed by atoms with E-state index in [-0.39, 0.29) is 39.8 Å². The zero-order valence-corrected chi connectivity index (χ0v) is 18.2. The molecule has 4 rings (SSSR count). The fourth-order valence-electron chi connectivity index (χ4n) is 3.35. The molecule has 0 bridgehead atoms. The average Bonchev–Trinajstić information content (AvgIpc) is 3.32. The summed E-state index contributed by atoms with van der Waals surface area (Å²) in [6.45, 7) is 4.95. The molecule has 2 aromatic carbocycles. The Balaban J connectivity index is 1.51. The van der Waals surface area contributed by atoms with Gasteiger partial charge in [-0.3, -0.25) is 29.4 Å². The molecule has 1 aliphatic heterocycles. The number of aromatic nitrogens is 1. The summed E-state index contributed by atoms with van der Waals surface area (Å²) >= 11 is 1.10. The summed E-state index contributed by atoms with van der Waals surface area (Å²) in [5.74, 6) is -2.33. The molecule has 0 spiro atoms. The van der Waals surface area contributed by atoms with Crippen molar-refractivity contribution in [2.24, 2.45) is 0 Å². The number of thiazole rings is 1. The lowest BCUT2D eigenvalue weighted by atomic mass is 10.1. The van der Waals surface area contributed by atoms with Gasteiger partial charge in [0.2, 0.25) is 5.91 Å². The number of halogens is 1. The van der Waals surface area contributed by atoms with Gasteiger partial charge in [-0.2, -0.15) is 0 Å². The van der Waals surface area contributed by atoms with Gasteiger partial charge in [-0.05, 0) is 36.4 Å². The van der Waals surface area contributed by atoms with E-state index >= 15 is 0 Å². The van der Waals surface area contributed by atoms with Gasteiger partial charge in [-0.15, -0.1) is 17.9 Å². The minimum atomic E-state index is -0.574. The number of nitrogens with zero attached hydrogens (tertiary/aromatic N) is 2. The minimum absolute atomic E-state index is 0.0815. The van der Waals surface area contributed by atoms with E-state index in [1.165, 1.54) is 43.3 Å². The van der Waals surface area contributed by atoms with Crippen LogP contribution in [-0.2, 0) is 4.79 Å². The Morgan fingerprint density at radius 1 is 1.09 bits per heavy atom. The van der Waals surface area contributed by atoms with E-state index in [0.29, 0.717) is 11.4 Å². The highest BCUT2D eigenvalue weighted by Gasteiger charge is 2.35. The third-order valence-corrected chi connectivity index (χ3v) is 5.59. The van der Waals surface area contributed by atoms with Crippen LogP contribution in [0.2, 0.25) is 0 Å². The second-order valence-corrected chi connectivity index (χ2v) is 8.00. The van der Waals surface area contributed by atoms with Crippen molar-refractivity contribution in [2.75, 3.05) is 17.2 Å². The standard InChI is InChI=1S/C23H17FN4O4S/c1-3-8-28-21(31)15-6-4-13(9-17(15)22(28)32)20(30)27-23-26-19(11-33-23)16-7-5-14(10-18(16)24)25-12(2)29/h3-7,9-11H,1,8H2,2H3,(H,25,29)(H,26,27,30). The van der Waals surface area contributed by atoms with Crippen molar-refractivity contribution >= 4 is 45.8 Å².